The Morgan fingerprint density at radius 3 is 2.63 bits per heavy atom. The molecule has 7 nitrogen and oxygen atoms in total. The SMILES string of the molecule is Cc1cccc(C(=O)NCC(=O)O[C@@H](C)C(=O)Nc2ncc(Cl)cc2Cl)c1. The van der Waals surface area contributed by atoms with Crippen molar-refractivity contribution in [1.82, 2.24) is 10.3 Å². The van der Waals surface area contributed by atoms with Gasteiger partial charge in [0.25, 0.3) is 11.8 Å². The summed E-state index contributed by atoms with van der Waals surface area (Å²) in [5.41, 5.74) is 1.35. The highest BCUT2D eigenvalue weighted by Crippen LogP contribution is 2.22. The Labute approximate surface area is 166 Å². The van der Waals surface area contributed by atoms with Gasteiger partial charge in [0, 0.05) is 11.8 Å². The molecule has 0 aliphatic carbocycles. The zero-order valence-electron chi connectivity index (χ0n) is 14.6. The number of nitrogens with one attached hydrogen (secondary N) is 2. The van der Waals surface area contributed by atoms with E-state index in [0.717, 1.165) is 5.56 Å². The van der Waals surface area contributed by atoms with Crippen LogP contribution < -0.4 is 10.6 Å². The van der Waals surface area contributed by atoms with E-state index in [4.69, 9.17) is 27.9 Å². The van der Waals surface area contributed by atoms with Gasteiger partial charge in [0.15, 0.2) is 11.9 Å². The molecule has 0 aliphatic heterocycles. The van der Waals surface area contributed by atoms with Gasteiger partial charge in [0.2, 0.25) is 0 Å². The van der Waals surface area contributed by atoms with Crippen LogP contribution in [0.15, 0.2) is 36.5 Å². The topological polar surface area (TPSA) is 97.4 Å². The maximum Gasteiger partial charge on any atom is 0.326 e. The molecule has 0 fully saturated rings. The van der Waals surface area contributed by atoms with E-state index in [1.54, 1.807) is 18.2 Å². The van der Waals surface area contributed by atoms with Crippen LogP contribution in [0.25, 0.3) is 0 Å². The minimum atomic E-state index is -1.11. The van der Waals surface area contributed by atoms with Crippen molar-refractivity contribution in [1.29, 1.82) is 0 Å². The van der Waals surface area contributed by atoms with Gasteiger partial charge >= 0.3 is 5.97 Å². The van der Waals surface area contributed by atoms with Gasteiger partial charge in [0.05, 0.1) is 10.0 Å². The van der Waals surface area contributed by atoms with Crippen LogP contribution in [0.1, 0.15) is 22.8 Å². The maximum absolute atomic E-state index is 12.1. The fourth-order valence-corrected chi connectivity index (χ4v) is 2.49. The van der Waals surface area contributed by atoms with Gasteiger partial charge in [-0.1, -0.05) is 40.9 Å². The van der Waals surface area contributed by atoms with Crippen molar-refractivity contribution >= 4 is 46.8 Å². The van der Waals surface area contributed by atoms with Gasteiger partial charge in [-0.05, 0) is 32.0 Å². The summed E-state index contributed by atoms with van der Waals surface area (Å²) in [5.74, 6) is -1.69. The lowest BCUT2D eigenvalue weighted by Gasteiger charge is -2.14. The third-order valence-electron chi connectivity index (χ3n) is 3.40. The molecule has 1 aromatic heterocycles. The van der Waals surface area contributed by atoms with Crippen molar-refractivity contribution in [3.8, 4) is 0 Å². The first-order valence-electron chi connectivity index (χ1n) is 7.92. The number of pyridine rings is 1. The van der Waals surface area contributed by atoms with Crippen LogP contribution in [0.3, 0.4) is 0 Å². The Bertz CT molecular complexity index is 873. The normalized spacial score (nSPS) is 11.4. The van der Waals surface area contributed by atoms with E-state index in [0.29, 0.717) is 10.6 Å². The summed E-state index contributed by atoms with van der Waals surface area (Å²) < 4.78 is 5.00. The Hall–Kier alpha value is -2.64. The van der Waals surface area contributed by atoms with E-state index >= 15 is 0 Å². The van der Waals surface area contributed by atoms with Crippen LogP contribution in [0.2, 0.25) is 10.0 Å². The molecule has 0 radical (unpaired) electrons. The second-order valence-electron chi connectivity index (χ2n) is 5.66. The summed E-state index contributed by atoms with van der Waals surface area (Å²) in [6.07, 6.45) is 0.211. The third kappa shape index (κ3) is 6.23. The van der Waals surface area contributed by atoms with Gasteiger partial charge in [-0.25, -0.2) is 4.98 Å². The largest absolute Gasteiger partial charge is 0.451 e. The Morgan fingerprint density at radius 1 is 1.22 bits per heavy atom. The first-order chi connectivity index (χ1) is 12.8. The molecule has 2 rings (SSSR count). The van der Waals surface area contributed by atoms with E-state index in [9.17, 15) is 14.4 Å². The number of esters is 1. The summed E-state index contributed by atoms with van der Waals surface area (Å²) in [6.45, 7) is 2.87. The Kier molecular flexibility index (Phi) is 7.15. The molecule has 0 saturated heterocycles. The van der Waals surface area contributed by atoms with Crippen LogP contribution in [0, 0.1) is 6.92 Å². The van der Waals surface area contributed by atoms with Gasteiger partial charge in [-0.3, -0.25) is 14.4 Å². The van der Waals surface area contributed by atoms with Crippen molar-refractivity contribution in [3.63, 3.8) is 0 Å². The van der Waals surface area contributed by atoms with E-state index in [-0.39, 0.29) is 17.4 Å². The number of carbonyl (C=O) groups is 3. The average molecular weight is 410 g/mol. The molecule has 1 heterocycles. The highest BCUT2D eigenvalue weighted by atomic mass is 35.5. The number of anilines is 1. The molecular weight excluding hydrogens is 393 g/mol. The minimum absolute atomic E-state index is 0.0988. The molecule has 0 saturated carbocycles. The number of nitrogens with zero attached hydrogens (tertiary/aromatic N) is 1. The Balaban J connectivity index is 1.83. The van der Waals surface area contributed by atoms with E-state index in [1.807, 2.05) is 13.0 Å². The van der Waals surface area contributed by atoms with Crippen LogP contribution in [0.5, 0.6) is 0 Å². The molecule has 2 N–H and O–H groups in total. The number of benzene rings is 1. The van der Waals surface area contributed by atoms with Crippen molar-refractivity contribution in [2.24, 2.45) is 0 Å². The molecule has 0 bridgehead atoms. The zero-order chi connectivity index (χ0) is 20.0. The van der Waals surface area contributed by atoms with E-state index in [2.05, 4.69) is 15.6 Å². The molecule has 9 heteroatoms. The van der Waals surface area contributed by atoms with Crippen LogP contribution in [-0.2, 0) is 14.3 Å². The number of hydrogen-bond donors (Lipinski definition) is 2. The minimum Gasteiger partial charge on any atom is -0.451 e. The molecule has 2 amide bonds. The number of carbonyl (C=O) groups excluding carboxylic acids is 3. The fraction of sp³-hybridized carbons (Fsp3) is 0.222. The quantitative estimate of drug-likeness (QED) is 0.714. The number of rotatable bonds is 6. The summed E-state index contributed by atoms with van der Waals surface area (Å²) in [5, 5.41) is 5.35. The second-order valence-corrected chi connectivity index (χ2v) is 6.50. The molecule has 0 aliphatic rings. The molecule has 27 heavy (non-hydrogen) atoms. The molecule has 0 spiro atoms. The third-order valence-corrected chi connectivity index (χ3v) is 3.90. The number of aromatic nitrogens is 1. The highest BCUT2D eigenvalue weighted by molar-refractivity contribution is 6.36. The molecule has 142 valence electrons. The van der Waals surface area contributed by atoms with Crippen molar-refractivity contribution in [2.75, 3.05) is 11.9 Å². The first kappa shape index (κ1) is 20.7. The second kappa shape index (κ2) is 9.34. The fourth-order valence-electron chi connectivity index (χ4n) is 2.06. The van der Waals surface area contributed by atoms with Crippen molar-refractivity contribution in [3.05, 3.63) is 57.7 Å². The highest BCUT2D eigenvalue weighted by Gasteiger charge is 2.20. The lowest BCUT2D eigenvalue weighted by molar-refractivity contribution is -0.152. The number of aryl methyl sites for hydroxylation is 1. The number of ether oxygens (including phenoxy) is 1. The predicted molar refractivity (Wildman–Crippen MR) is 102 cm³/mol. The summed E-state index contributed by atoms with van der Waals surface area (Å²) in [7, 11) is 0. The molecule has 0 unspecified atom stereocenters. The van der Waals surface area contributed by atoms with Crippen LogP contribution in [0.4, 0.5) is 5.82 Å². The predicted octanol–water partition coefficient (Wildman–Crippen LogP) is 3.00. The number of hydrogen-bond acceptors (Lipinski definition) is 5. The molecule has 1 atom stereocenters. The molecule has 1 aromatic carbocycles. The van der Waals surface area contributed by atoms with Crippen molar-refractivity contribution in [2.45, 2.75) is 20.0 Å². The van der Waals surface area contributed by atoms with Gasteiger partial charge in [-0.2, -0.15) is 0 Å². The van der Waals surface area contributed by atoms with E-state index < -0.39 is 23.9 Å². The molecule has 2 aromatic rings. The summed E-state index contributed by atoms with van der Waals surface area (Å²) in [4.78, 5) is 39.8. The lowest BCUT2D eigenvalue weighted by atomic mass is 10.1. The van der Waals surface area contributed by atoms with Gasteiger partial charge in [-0.15, -0.1) is 0 Å². The summed E-state index contributed by atoms with van der Waals surface area (Å²) >= 11 is 11.7. The standard InChI is InChI=1S/C18H17Cl2N3O4/c1-10-4-3-5-12(6-10)18(26)22-9-15(24)27-11(2)17(25)23-16-14(20)7-13(19)8-21-16/h3-8,11H,9H2,1-2H3,(H,22,26)(H,21,23,25)/t11-/m0/s1. The summed E-state index contributed by atoms with van der Waals surface area (Å²) in [6, 6.07) is 8.34. The smallest absolute Gasteiger partial charge is 0.326 e. The van der Waals surface area contributed by atoms with Crippen LogP contribution in [-0.4, -0.2) is 35.4 Å². The monoisotopic (exact) mass is 409 g/mol. The van der Waals surface area contributed by atoms with Gasteiger partial charge < -0.3 is 15.4 Å². The number of halogens is 2. The number of amides is 2. The maximum atomic E-state index is 12.1. The first-order valence-corrected chi connectivity index (χ1v) is 8.68. The molecular formula is C18H17Cl2N3O4. The zero-order valence-corrected chi connectivity index (χ0v) is 16.1. The van der Waals surface area contributed by atoms with Crippen molar-refractivity contribution < 1.29 is 19.1 Å². The lowest BCUT2D eigenvalue weighted by Crippen LogP contribution is -2.36. The van der Waals surface area contributed by atoms with Gasteiger partial charge in [0.1, 0.15) is 6.54 Å². The Morgan fingerprint density at radius 2 is 1.96 bits per heavy atom. The van der Waals surface area contributed by atoms with E-state index in [1.165, 1.54) is 19.2 Å². The average Bonchev–Trinajstić information content (AvgIpc) is 2.61. The van der Waals surface area contributed by atoms with Crippen LogP contribution >= 0.6 is 23.2 Å².